The zero-order valence-corrected chi connectivity index (χ0v) is 19.6. The van der Waals surface area contributed by atoms with Crippen LogP contribution in [0.4, 0.5) is 22.0 Å². The molecule has 0 radical (unpaired) electrons. The highest BCUT2D eigenvalue weighted by Crippen LogP contribution is 2.59. The molecule has 1 saturated heterocycles. The number of aromatic nitrogens is 2. The Balaban J connectivity index is 2.22. The minimum absolute atomic E-state index is 0.0241. The van der Waals surface area contributed by atoms with Gasteiger partial charge in [0.2, 0.25) is 5.82 Å². The van der Waals surface area contributed by atoms with E-state index in [-0.39, 0.29) is 23.9 Å². The van der Waals surface area contributed by atoms with Crippen LogP contribution in [-0.4, -0.2) is 42.6 Å². The maximum Gasteiger partial charge on any atom is 0.417 e. The summed E-state index contributed by atoms with van der Waals surface area (Å²) in [5.41, 5.74) is -2.59. The van der Waals surface area contributed by atoms with Gasteiger partial charge in [-0.05, 0) is 19.9 Å². The average Bonchev–Trinajstić information content (AvgIpc) is 3.01. The monoisotopic (exact) mass is 490 g/mol. The van der Waals surface area contributed by atoms with Gasteiger partial charge < -0.3 is 19.2 Å². The summed E-state index contributed by atoms with van der Waals surface area (Å²) < 4.78 is 86.3. The second-order valence-corrected chi connectivity index (χ2v) is 8.75. The molecule has 2 aromatic rings. The number of rotatable bonds is 6. The number of methoxy groups -OCH3 is 2. The molecule has 0 bridgehead atoms. The van der Waals surface area contributed by atoms with E-state index in [4.69, 9.17) is 14.2 Å². The standard InChI is InChI=1S/C23H27F5N2O4/c1-10(9-32-5)15-12(3)29-20(30-21(15)31)19-16(11(2)22(4,34-19)23(26,27)28)13-7-8-14(24)17(25)18(13)33-6/h7-8,10-11,16,19H,9H2,1-6H3,(H,29,30,31)/t10?,11-,16-,19+,22+/m0/s1. The number of nitrogens with zero attached hydrogens (tertiary/aromatic N) is 1. The molecule has 188 valence electrons. The van der Waals surface area contributed by atoms with Crippen molar-refractivity contribution in [1.29, 1.82) is 0 Å². The van der Waals surface area contributed by atoms with Gasteiger partial charge in [0.15, 0.2) is 17.2 Å². The molecule has 0 saturated carbocycles. The van der Waals surface area contributed by atoms with E-state index in [0.717, 1.165) is 26.2 Å². The second kappa shape index (κ2) is 9.26. The first-order chi connectivity index (χ1) is 15.8. The van der Waals surface area contributed by atoms with Gasteiger partial charge in [0.25, 0.3) is 5.56 Å². The largest absolute Gasteiger partial charge is 0.493 e. The molecule has 0 amide bonds. The van der Waals surface area contributed by atoms with E-state index in [1.54, 1.807) is 13.8 Å². The molecular formula is C23H27F5N2O4. The van der Waals surface area contributed by atoms with Gasteiger partial charge in [-0.2, -0.15) is 17.6 Å². The van der Waals surface area contributed by atoms with Crippen LogP contribution in [0.2, 0.25) is 0 Å². The minimum atomic E-state index is -4.80. The third-order valence-electron chi connectivity index (χ3n) is 6.66. The third-order valence-corrected chi connectivity index (χ3v) is 6.66. The fraction of sp³-hybridized carbons (Fsp3) is 0.565. The number of alkyl halides is 3. The van der Waals surface area contributed by atoms with Gasteiger partial charge >= 0.3 is 6.18 Å². The molecule has 1 unspecified atom stereocenters. The van der Waals surface area contributed by atoms with E-state index in [1.165, 1.54) is 14.0 Å². The van der Waals surface area contributed by atoms with E-state index in [2.05, 4.69) is 9.97 Å². The van der Waals surface area contributed by atoms with E-state index in [9.17, 15) is 26.7 Å². The molecular weight excluding hydrogens is 463 g/mol. The summed E-state index contributed by atoms with van der Waals surface area (Å²) in [5, 5.41) is 0. The minimum Gasteiger partial charge on any atom is -0.493 e. The first-order valence-electron chi connectivity index (χ1n) is 10.6. The number of halogens is 5. The molecule has 5 atom stereocenters. The molecule has 34 heavy (non-hydrogen) atoms. The summed E-state index contributed by atoms with van der Waals surface area (Å²) in [7, 11) is 2.57. The lowest BCUT2D eigenvalue weighted by atomic mass is 9.77. The van der Waals surface area contributed by atoms with Crippen LogP contribution >= 0.6 is 0 Å². The molecule has 1 aliphatic heterocycles. The highest BCUT2D eigenvalue weighted by molar-refractivity contribution is 5.41. The van der Waals surface area contributed by atoms with Gasteiger partial charge in [-0.15, -0.1) is 0 Å². The highest BCUT2D eigenvalue weighted by Gasteiger charge is 2.65. The Bertz CT molecular complexity index is 1120. The van der Waals surface area contributed by atoms with Crippen molar-refractivity contribution in [2.24, 2.45) is 5.92 Å². The number of H-pyrrole nitrogens is 1. The fourth-order valence-corrected chi connectivity index (χ4v) is 4.71. The van der Waals surface area contributed by atoms with Gasteiger partial charge in [-0.25, -0.2) is 9.37 Å². The lowest BCUT2D eigenvalue weighted by Gasteiger charge is -2.32. The summed E-state index contributed by atoms with van der Waals surface area (Å²) in [6.07, 6.45) is -6.22. The van der Waals surface area contributed by atoms with Crippen LogP contribution in [0.3, 0.4) is 0 Å². The van der Waals surface area contributed by atoms with Crippen molar-refractivity contribution in [2.45, 2.75) is 57.4 Å². The van der Waals surface area contributed by atoms with Crippen LogP contribution in [0.1, 0.15) is 61.4 Å². The SMILES string of the molecule is COCC(C)c1c(C)nc([C@@H]2O[C@@](C)(C(F)(F)F)[C@@H](C)[C@H]2c2ccc(F)c(F)c2OC)[nH]c1=O. The van der Waals surface area contributed by atoms with E-state index < -0.39 is 52.7 Å². The molecule has 0 aliphatic carbocycles. The lowest BCUT2D eigenvalue weighted by molar-refractivity contribution is -0.275. The third kappa shape index (κ3) is 4.19. The smallest absolute Gasteiger partial charge is 0.417 e. The number of hydrogen-bond donors (Lipinski definition) is 1. The van der Waals surface area contributed by atoms with Crippen molar-refractivity contribution < 1.29 is 36.2 Å². The maximum atomic E-state index is 14.5. The first kappa shape index (κ1) is 26.1. The first-order valence-corrected chi connectivity index (χ1v) is 10.6. The Kier molecular flexibility index (Phi) is 7.10. The Morgan fingerprint density at radius 1 is 1.26 bits per heavy atom. The quantitative estimate of drug-likeness (QED) is 0.582. The molecule has 1 aromatic heterocycles. The van der Waals surface area contributed by atoms with Gasteiger partial charge in [0, 0.05) is 41.7 Å². The Morgan fingerprint density at radius 3 is 2.44 bits per heavy atom. The average molecular weight is 490 g/mol. The number of aryl methyl sites for hydroxylation is 1. The van der Waals surface area contributed by atoms with Crippen LogP contribution in [0, 0.1) is 24.5 Å². The van der Waals surface area contributed by atoms with E-state index in [0.29, 0.717) is 11.3 Å². The van der Waals surface area contributed by atoms with Crippen LogP contribution in [0.25, 0.3) is 0 Å². The molecule has 0 spiro atoms. The molecule has 1 aromatic carbocycles. The summed E-state index contributed by atoms with van der Waals surface area (Å²) in [5.74, 6) is -5.96. The Morgan fingerprint density at radius 2 is 1.91 bits per heavy atom. The predicted octanol–water partition coefficient (Wildman–Crippen LogP) is 4.93. The zero-order chi connectivity index (χ0) is 25.6. The highest BCUT2D eigenvalue weighted by atomic mass is 19.4. The molecule has 11 heteroatoms. The van der Waals surface area contributed by atoms with E-state index in [1.807, 2.05) is 0 Å². The number of benzene rings is 1. The fourth-order valence-electron chi connectivity index (χ4n) is 4.71. The topological polar surface area (TPSA) is 73.4 Å². The van der Waals surface area contributed by atoms with Crippen molar-refractivity contribution >= 4 is 0 Å². The summed E-state index contributed by atoms with van der Waals surface area (Å²) >= 11 is 0. The van der Waals surface area contributed by atoms with E-state index >= 15 is 0 Å². The molecule has 1 fully saturated rings. The number of nitrogens with one attached hydrogen (secondary N) is 1. The Hall–Kier alpha value is -2.53. The molecule has 2 heterocycles. The Labute approximate surface area is 193 Å². The molecule has 1 N–H and O–H groups in total. The number of ether oxygens (including phenoxy) is 3. The molecule has 1 aliphatic rings. The number of aromatic amines is 1. The van der Waals surface area contributed by atoms with Gasteiger partial charge in [0.05, 0.1) is 13.7 Å². The van der Waals surface area contributed by atoms with Crippen LogP contribution < -0.4 is 10.3 Å². The zero-order valence-electron chi connectivity index (χ0n) is 19.6. The second-order valence-electron chi connectivity index (χ2n) is 8.75. The van der Waals surface area contributed by atoms with Gasteiger partial charge in [0.1, 0.15) is 11.9 Å². The maximum absolute atomic E-state index is 14.5. The predicted molar refractivity (Wildman–Crippen MR) is 113 cm³/mol. The van der Waals surface area contributed by atoms with Crippen molar-refractivity contribution in [2.75, 3.05) is 20.8 Å². The summed E-state index contributed by atoms with van der Waals surface area (Å²) in [6, 6.07) is 1.98. The molecule has 6 nitrogen and oxygen atoms in total. The van der Waals surface area contributed by atoms with Crippen molar-refractivity contribution in [3.8, 4) is 5.75 Å². The normalized spacial score (nSPS) is 26.0. The van der Waals surface area contributed by atoms with Crippen molar-refractivity contribution in [1.82, 2.24) is 9.97 Å². The van der Waals surface area contributed by atoms with Gasteiger partial charge in [-0.3, -0.25) is 4.79 Å². The van der Waals surface area contributed by atoms with Crippen LogP contribution in [0.5, 0.6) is 5.75 Å². The lowest BCUT2D eigenvalue weighted by Crippen LogP contribution is -2.46. The van der Waals surface area contributed by atoms with Crippen LogP contribution in [-0.2, 0) is 9.47 Å². The van der Waals surface area contributed by atoms with Crippen LogP contribution in [0.15, 0.2) is 16.9 Å². The molecule has 3 rings (SSSR count). The van der Waals surface area contributed by atoms with Crippen molar-refractivity contribution in [3.05, 3.63) is 56.8 Å². The summed E-state index contributed by atoms with van der Waals surface area (Å²) in [6.45, 7) is 5.75. The summed E-state index contributed by atoms with van der Waals surface area (Å²) in [4.78, 5) is 19.8. The number of hydrogen-bond acceptors (Lipinski definition) is 5. The van der Waals surface area contributed by atoms with Crippen molar-refractivity contribution in [3.63, 3.8) is 0 Å². The van der Waals surface area contributed by atoms with Gasteiger partial charge in [-0.1, -0.05) is 19.9 Å².